The topological polar surface area (TPSA) is 84.6 Å². The van der Waals surface area contributed by atoms with E-state index < -0.39 is 4.92 Å². The van der Waals surface area contributed by atoms with Crippen molar-refractivity contribution in [3.63, 3.8) is 0 Å². The lowest BCUT2D eigenvalue weighted by Gasteiger charge is -2.21. The zero-order chi connectivity index (χ0) is 16.6. The number of carbonyl (C=O) groups excluding carboxylic acids is 1. The maximum atomic E-state index is 12.2. The number of carbonyl (C=O) groups is 1. The lowest BCUT2D eigenvalue weighted by molar-refractivity contribution is -0.385. The molecule has 2 aliphatic carbocycles. The third-order valence-corrected chi connectivity index (χ3v) is 5.26. The fraction of sp³-hybridized carbons (Fsp3) is 0.529. The third kappa shape index (κ3) is 3.11. The molecule has 1 aromatic rings. The van der Waals surface area contributed by atoms with Crippen LogP contribution in [0.1, 0.15) is 48.5 Å². The van der Waals surface area contributed by atoms with Crippen LogP contribution < -0.4 is 5.43 Å². The largest absolute Gasteiger partial charge is 0.272 e. The molecule has 2 aliphatic rings. The Morgan fingerprint density at radius 2 is 2.13 bits per heavy atom. The predicted octanol–water partition coefficient (Wildman–Crippen LogP) is 3.45. The minimum absolute atomic E-state index is 0.0169. The van der Waals surface area contributed by atoms with Gasteiger partial charge in [0.05, 0.1) is 4.92 Å². The van der Waals surface area contributed by atoms with Crippen LogP contribution in [-0.2, 0) is 0 Å². The minimum atomic E-state index is -0.450. The molecule has 0 spiro atoms. The van der Waals surface area contributed by atoms with Crippen molar-refractivity contribution in [2.24, 2.45) is 22.9 Å². The molecule has 1 amide bonds. The van der Waals surface area contributed by atoms with Crippen LogP contribution in [0.2, 0.25) is 0 Å². The van der Waals surface area contributed by atoms with E-state index in [-0.39, 0.29) is 11.6 Å². The van der Waals surface area contributed by atoms with Crippen molar-refractivity contribution in [3.05, 3.63) is 39.4 Å². The van der Waals surface area contributed by atoms with Crippen molar-refractivity contribution < 1.29 is 9.72 Å². The Labute approximate surface area is 135 Å². The summed E-state index contributed by atoms with van der Waals surface area (Å²) in [7, 11) is 0. The molecular formula is C17H21N3O3. The fourth-order valence-electron chi connectivity index (χ4n) is 4.04. The van der Waals surface area contributed by atoms with Gasteiger partial charge >= 0.3 is 0 Å². The number of amides is 1. The number of hydrazone groups is 1. The Balaban J connectivity index is 1.66. The van der Waals surface area contributed by atoms with Crippen LogP contribution in [-0.4, -0.2) is 16.5 Å². The van der Waals surface area contributed by atoms with E-state index in [1.807, 2.05) is 6.92 Å². The van der Waals surface area contributed by atoms with Crippen LogP contribution in [0.5, 0.6) is 0 Å². The molecule has 122 valence electrons. The van der Waals surface area contributed by atoms with E-state index >= 15 is 0 Å². The van der Waals surface area contributed by atoms with Crippen LogP contribution in [0.15, 0.2) is 23.3 Å². The Kier molecular flexibility index (Phi) is 4.15. The van der Waals surface area contributed by atoms with Gasteiger partial charge in [0.2, 0.25) is 0 Å². The second-order valence-corrected chi connectivity index (χ2v) is 6.73. The van der Waals surface area contributed by atoms with Gasteiger partial charge in [0.1, 0.15) is 0 Å². The zero-order valence-corrected chi connectivity index (χ0v) is 13.4. The first-order valence-electron chi connectivity index (χ1n) is 8.05. The van der Waals surface area contributed by atoms with Crippen molar-refractivity contribution in [1.29, 1.82) is 0 Å². The van der Waals surface area contributed by atoms with Gasteiger partial charge in [0.15, 0.2) is 0 Å². The predicted molar refractivity (Wildman–Crippen MR) is 87.3 cm³/mol. The molecular weight excluding hydrogens is 294 g/mol. The molecule has 0 aromatic heterocycles. The van der Waals surface area contributed by atoms with Gasteiger partial charge in [-0.3, -0.25) is 14.9 Å². The summed E-state index contributed by atoms with van der Waals surface area (Å²) in [5.41, 5.74) is 4.45. The van der Waals surface area contributed by atoms with Crippen molar-refractivity contribution in [2.75, 3.05) is 0 Å². The van der Waals surface area contributed by atoms with Crippen molar-refractivity contribution >= 4 is 17.3 Å². The second-order valence-electron chi connectivity index (χ2n) is 6.73. The highest BCUT2D eigenvalue weighted by Crippen LogP contribution is 2.48. The number of nitrogens with zero attached hydrogens (tertiary/aromatic N) is 2. The summed E-state index contributed by atoms with van der Waals surface area (Å²) in [4.78, 5) is 22.5. The van der Waals surface area contributed by atoms with E-state index in [1.165, 1.54) is 43.9 Å². The van der Waals surface area contributed by atoms with E-state index in [4.69, 9.17) is 0 Å². The maximum Gasteiger partial charge on any atom is 0.272 e. The molecule has 1 aromatic carbocycles. The fourth-order valence-corrected chi connectivity index (χ4v) is 4.04. The molecule has 2 fully saturated rings. The molecule has 0 heterocycles. The normalized spacial score (nSPS) is 26.3. The molecule has 0 unspecified atom stereocenters. The molecule has 2 saturated carbocycles. The SMILES string of the molecule is C/C(=N\NC(=O)c1ccc([N+](=O)[O-])c(C)c1)[C@H]1C[C@@H]2CC[C@@H]1C2. The average Bonchev–Trinajstić information content (AvgIpc) is 3.14. The lowest BCUT2D eigenvalue weighted by Crippen LogP contribution is -2.24. The van der Waals surface area contributed by atoms with Crippen molar-refractivity contribution in [2.45, 2.75) is 39.5 Å². The monoisotopic (exact) mass is 315 g/mol. The highest BCUT2D eigenvalue weighted by molar-refractivity contribution is 5.96. The molecule has 23 heavy (non-hydrogen) atoms. The van der Waals surface area contributed by atoms with Gasteiger partial charge in [-0.25, -0.2) is 5.43 Å². The molecule has 3 atom stereocenters. The van der Waals surface area contributed by atoms with Gasteiger partial charge in [-0.05, 0) is 57.1 Å². The van der Waals surface area contributed by atoms with E-state index in [0.717, 1.165) is 17.5 Å². The number of hydrogen-bond donors (Lipinski definition) is 1. The lowest BCUT2D eigenvalue weighted by atomic mass is 9.86. The Morgan fingerprint density at radius 1 is 1.35 bits per heavy atom. The van der Waals surface area contributed by atoms with Gasteiger partial charge in [0, 0.05) is 28.8 Å². The van der Waals surface area contributed by atoms with Crippen molar-refractivity contribution in [3.8, 4) is 0 Å². The van der Waals surface area contributed by atoms with E-state index in [1.54, 1.807) is 6.92 Å². The van der Waals surface area contributed by atoms with Crippen molar-refractivity contribution in [1.82, 2.24) is 5.43 Å². The Morgan fingerprint density at radius 3 is 2.70 bits per heavy atom. The van der Waals surface area contributed by atoms with Gasteiger partial charge in [-0.1, -0.05) is 6.42 Å². The van der Waals surface area contributed by atoms with Gasteiger partial charge in [-0.15, -0.1) is 0 Å². The molecule has 1 N–H and O–H groups in total. The highest BCUT2D eigenvalue weighted by Gasteiger charge is 2.40. The van der Waals surface area contributed by atoms with Gasteiger partial charge < -0.3 is 0 Å². The maximum absolute atomic E-state index is 12.2. The molecule has 0 aliphatic heterocycles. The number of rotatable bonds is 4. The minimum Gasteiger partial charge on any atom is -0.267 e. The number of fused-ring (bicyclic) bond motifs is 2. The first-order valence-corrected chi connectivity index (χ1v) is 8.05. The van der Waals surface area contributed by atoms with Crippen LogP contribution in [0.4, 0.5) is 5.69 Å². The molecule has 3 rings (SSSR count). The first kappa shape index (κ1) is 15.6. The van der Waals surface area contributed by atoms with Crippen LogP contribution in [0.25, 0.3) is 0 Å². The quantitative estimate of drug-likeness (QED) is 0.524. The van der Waals surface area contributed by atoms with E-state index in [0.29, 0.717) is 17.0 Å². The molecule has 6 nitrogen and oxygen atoms in total. The van der Waals surface area contributed by atoms with Crippen LogP contribution >= 0.6 is 0 Å². The summed E-state index contributed by atoms with van der Waals surface area (Å²) in [5.74, 6) is 1.73. The summed E-state index contributed by atoms with van der Waals surface area (Å²) in [6, 6.07) is 4.34. The molecule has 6 heteroatoms. The third-order valence-electron chi connectivity index (χ3n) is 5.26. The number of nitrogens with one attached hydrogen (secondary N) is 1. The van der Waals surface area contributed by atoms with Crippen LogP contribution in [0, 0.1) is 34.8 Å². The number of nitro groups is 1. The second kappa shape index (κ2) is 6.10. The molecule has 0 saturated heterocycles. The first-order chi connectivity index (χ1) is 11.0. The Hall–Kier alpha value is -2.24. The summed E-state index contributed by atoms with van der Waals surface area (Å²) < 4.78 is 0. The summed E-state index contributed by atoms with van der Waals surface area (Å²) >= 11 is 0. The van der Waals surface area contributed by atoms with E-state index in [9.17, 15) is 14.9 Å². The smallest absolute Gasteiger partial charge is 0.267 e. The summed E-state index contributed by atoms with van der Waals surface area (Å²) in [5, 5.41) is 15.1. The summed E-state index contributed by atoms with van der Waals surface area (Å²) in [6.07, 6.45) is 5.10. The molecule has 0 radical (unpaired) electrons. The number of benzene rings is 1. The Bertz CT molecular complexity index is 684. The van der Waals surface area contributed by atoms with E-state index in [2.05, 4.69) is 10.5 Å². The molecule has 2 bridgehead atoms. The van der Waals surface area contributed by atoms with Gasteiger partial charge in [0.25, 0.3) is 11.6 Å². The number of nitro benzene ring substituents is 1. The van der Waals surface area contributed by atoms with Crippen LogP contribution in [0.3, 0.4) is 0 Å². The highest BCUT2D eigenvalue weighted by atomic mass is 16.6. The number of hydrogen-bond acceptors (Lipinski definition) is 4. The number of aryl methyl sites for hydroxylation is 1. The standard InChI is InChI=1S/C17H21N3O3/c1-10-7-14(5-6-16(10)20(22)23)17(21)19-18-11(2)15-9-12-3-4-13(15)8-12/h5-7,12-13,15H,3-4,8-9H2,1-2H3,(H,19,21)/b18-11+/t12-,13-,15-/m1/s1. The summed E-state index contributed by atoms with van der Waals surface area (Å²) in [6.45, 7) is 3.60. The average molecular weight is 315 g/mol. The van der Waals surface area contributed by atoms with Gasteiger partial charge in [-0.2, -0.15) is 5.10 Å². The zero-order valence-electron chi connectivity index (χ0n) is 13.4.